The van der Waals surface area contributed by atoms with Gasteiger partial charge in [0.15, 0.2) is 0 Å². The Morgan fingerprint density at radius 1 is 1.04 bits per heavy atom. The lowest BCUT2D eigenvalue weighted by Gasteiger charge is -2.09. The zero-order valence-corrected chi connectivity index (χ0v) is 16.7. The Kier molecular flexibility index (Phi) is 7.39. The fraction of sp³-hybridized carbons (Fsp3) is 0.316. The second-order valence-corrected chi connectivity index (χ2v) is 6.53. The maximum Gasteiger partial charge on any atom is 0.341 e. The molecule has 0 bridgehead atoms. The number of ether oxygens (including phenoxy) is 3. The highest BCUT2D eigenvalue weighted by Gasteiger charge is 2.27. The summed E-state index contributed by atoms with van der Waals surface area (Å²) < 4.78 is 15.7. The predicted molar refractivity (Wildman–Crippen MR) is 105 cm³/mol. The van der Waals surface area contributed by atoms with Gasteiger partial charge in [-0.15, -0.1) is 11.3 Å². The Hall–Kier alpha value is -3.07. The number of amides is 1. The molecule has 9 heteroatoms. The molecule has 0 fully saturated rings. The van der Waals surface area contributed by atoms with Crippen LogP contribution in [0.4, 0.5) is 5.00 Å². The molecule has 0 spiro atoms. The first-order chi connectivity index (χ1) is 13.4. The number of thiophene rings is 1. The maximum absolute atomic E-state index is 12.3. The Morgan fingerprint density at radius 3 is 2.29 bits per heavy atom. The smallest absolute Gasteiger partial charge is 0.341 e. The number of esters is 2. The minimum atomic E-state index is -0.668. The van der Waals surface area contributed by atoms with E-state index in [9.17, 15) is 14.4 Å². The van der Waals surface area contributed by atoms with E-state index in [1.54, 1.807) is 31.2 Å². The van der Waals surface area contributed by atoms with Gasteiger partial charge in [-0.1, -0.05) is 0 Å². The zero-order chi connectivity index (χ0) is 20.7. The lowest BCUT2D eigenvalue weighted by atomic mass is 10.1. The second-order valence-electron chi connectivity index (χ2n) is 5.48. The molecule has 0 atom stereocenters. The normalized spacial score (nSPS) is 10.2. The van der Waals surface area contributed by atoms with Crippen LogP contribution in [0.1, 0.15) is 49.8 Å². The molecule has 3 N–H and O–H groups in total. The largest absolute Gasteiger partial charge is 0.494 e. The first-order valence-electron chi connectivity index (χ1n) is 8.63. The van der Waals surface area contributed by atoms with Crippen molar-refractivity contribution < 1.29 is 28.6 Å². The van der Waals surface area contributed by atoms with Gasteiger partial charge in [-0.2, -0.15) is 0 Å². The third kappa shape index (κ3) is 4.80. The Bertz CT molecular complexity index is 860. The molecule has 0 unspecified atom stereocenters. The van der Waals surface area contributed by atoms with Gasteiger partial charge in [0.05, 0.1) is 18.8 Å². The molecule has 1 amide bonds. The average Bonchev–Trinajstić information content (AvgIpc) is 3.02. The van der Waals surface area contributed by atoms with Crippen LogP contribution in [-0.2, 0) is 16.1 Å². The van der Waals surface area contributed by atoms with E-state index in [2.05, 4.69) is 5.32 Å². The minimum absolute atomic E-state index is 0.0462. The molecule has 0 saturated heterocycles. The molecular formula is C19H22N2O6S. The van der Waals surface area contributed by atoms with Gasteiger partial charge in [-0.05, 0) is 38.1 Å². The summed E-state index contributed by atoms with van der Waals surface area (Å²) in [5.41, 5.74) is 6.49. The van der Waals surface area contributed by atoms with Gasteiger partial charge in [0, 0.05) is 12.6 Å². The summed E-state index contributed by atoms with van der Waals surface area (Å²) in [5.74, 6) is -1.07. The molecule has 0 aliphatic carbocycles. The fourth-order valence-electron chi connectivity index (χ4n) is 2.42. The molecule has 0 saturated carbocycles. The zero-order valence-electron chi connectivity index (χ0n) is 15.9. The molecule has 2 rings (SSSR count). The molecule has 2 aromatic rings. The maximum atomic E-state index is 12.3. The third-order valence-corrected chi connectivity index (χ3v) is 4.76. The number of nitrogen functional groups attached to an aromatic ring is 1. The van der Waals surface area contributed by atoms with Gasteiger partial charge in [-0.25, -0.2) is 9.59 Å². The molecule has 28 heavy (non-hydrogen) atoms. The van der Waals surface area contributed by atoms with Crippen LogP contribution in [0.3, 0.4) is 0 Å². The molecule has 1 aromatic carbocycles. The van der Waals surface area contributed by atoms with Gasteiger partial charge in [0.2, 0.25) is 0 Å². The van der Waals surface area contributed by atoms with Crippen LogP contribution >= 0.6 is 11.3 Å². The number of rotatable bonds is 8. The molecule has 150 valence electrons. The second kappa shape index (κ2) is 9.75. The van der Waals surface area contributed by atoms with E-state index >= 15 is 0 Å². The Labute approximate surface area is 166 Å². The summed E-state index contributed by atoms with van der Waals surface area (Å²) in [6.45, 7) is 3.89. The molecular weight excluding hydrogens is 384 g/mol. The van der Waals surface area contributed by atoms with Crippen LogP contribution in [-0.4, -0.2) is 38.1 Å². The minimum Gasteiger partial charge on any atom is -0.494 e. The van der Waals surface area contributed by atoms with Crippen LogP contribution < -0.4 is 15.8 Å². The third-order valence-electron chi connectivity index (χ3n) is 3.70. The van der Waals surface area contributed by atoms with Crippen LogP contribution in [0.25, 0.3) is 0 Å². The quantitative estimate of drug-likeness (QED) is 0.647. The van der Waals surface area contributed by atoms with Crippen molar-refractivity contribution in [1.82, 2.24) is 5.32 Å². The summed E-state index contributed by atoms with van der Waals surface area (Å²) in [4.78, 5) is 36.9. The summed E-state index contributed by atoms with van der Waals surface area (Å²) in [7, 11) is 1.46. The number of hydrogen-bond donors (Lipinski definition) is 2. The Balaban J connectivity index is 2.24. The van der Waals surface area contributed by atoms with Crippen molar-refractivity contribution in [3.8, 4) is 5.75 Å². The highest BCUT2D eigenvalue weighted by atomic mass is 32.1. The number of carbonyl (C=O) groups excluding carboxylic acids is 3. The van der Waals surface area contributed by atoms with E-state index < -0.39 is 17.8 Å². The summed E-state index contributed by atoms with van der Waals surface area (Å²) >= 11 is 0.940. The van der Waals surface area contributed by atoms with E-state index in [-0.39, 0.29) is 34.2 Å². The van der Waals surface area contributed by atoms with Gasteiger partial charge in [0.1, 0.15) is 27.8 Å². The van der Waals surface area contributed by atoms with Gasteiger partial charge >= 0.3 is 11.9 Å². The molecule has 0 radical (unpaired) electrons. The van der Waals surface area contributed by atoms with Crippen molar-refractivity contribution in [3.05, 3.63) is 45.8 Å². The number of hydrogen-bond acceptors (Lipinski definition) is 8. The topological polar surface area (TPSA) is 117 Å². The van der Waals surface area contributed by atoms with Crippen molar-refractivity contribution in [3.63, 3.8) is 0 Å². The molecule has 0 aliphatic heterocycles. The number of anilines is 1. The first-order valence-corrected chi connectivity index (χ1v) is 9.44. The van der Waals surface area contributed by atoms with E-state index in [4.69, 9.17) is 19.9 Å². The molecule has 1 aromatic heterocycles. The summed E-state index contributed by atoms with van der Waals surface area (Å²) in [5, 5.41) is 2.61. The highest BCUT2D eigenvalue weighted by Crippen LogP contribution is 2.32. The van der Waals surface area contributed by atoms with Crippen molar-refractivity contribution in [2.24, 2.45) is 0 Å². The van der Waals surface area contributed by atoms with E-state index in [0.717, 1.165) is 11.3 Å². The van der Waals surface area contributed by atoms with Gasteiger partial charge in [0.25, 0.3) is 5.91 Å². The van der Waals surface area contributed by atoms with Crippen LogP contribution in [0.15, 0.2) is 24.3 Å². The van der Waals surface area contributed by atoms with Gasteiger partial charge in [-0.3, -0.25) is 4.79 Å². The SMILES string of the molecule is CCOC(=O)c1c(N)sc(C(=O)NC)c1COC(=O)c1ccc(OCC)cc1. The molecule has 1 heterocycles. The standard InChI is InChI=1S/C19H22N2O6S/c1-4-25-12-8-6-11(7-9-12)18(23)27-10-13-14(19(24)26-5-2)16(20)28-15(13)17(22)21-3/h6-9H,4-5,10,20H2,1-3H3,(H,21,22). The monoisotopic (exact) mass is 406 g/mol. The van der Waals surface area contributed by atoms with Crippen molar-refractivity contribution >= 4 is 34.2 Å². The van der Waals surface area contributed by atoms with Crippen molar-refractivity contribution in [1.29, 1.82) is 0 Å². The summed E-state index contributed by atoms with van der Waals surface area (Å²) in [6, 6.07) is 6.45. The van der Waals surface area contributed by atoms with Crippen LogP contribution in [0.5, 0.6) is 5.75 Å². The van der Waals surface area contributed by atoms with Crippen molar-refractivity contribution in [2.45, 2.75) is 20.5 Å². The Morgan fingerprint density at radius 2 is 1.71 bits per heavy atom. The lowest BCUT2D eigenvalue weighted by molar-refractivity contribution is 0.0449. The van der Waals surface area contributed by atoms with Crippen LogP contribution in [0, 0.1) is 0 Å². The predicted octanol–water partition coefficient (Wildman–Crippen LogP) is 2.62. The highest BCUT2D eigenvalue weighted by molar-refractivity contribution is 7.18. The fourth-order valence-corrected chi connectivity index (χ4v) is 3.43. The average molecular weight is 406 g/mol. The van der Waals surface area contributed by atoms with E-state index in [1.165, 1.54) is 7.05 Å². The van der Waals surface area contributed by atoms with E-state index in [1.807, 2.05) is 6.92 Å². The number of nitrogens with one attached hydrogen (secondary N) is 1. The van der Waals surface area contributed by atoms with E-state index in [0.29, 0.717) is 17.9 Å². The molecule has 0 aliphatic rings. The first kappa shape index (κ1) is 21.2. The van der Waals surface area contributed by atoms with Crippen molar-refractivity contribution in [2.75, 3.05) is 26.0 Å². The number of carbonyl (C=O) groups is 3. The summed E-state index contributed by atoms with van der Waals surface area (Å²) in [6.07, 6.45) is 0. The number of nitrogens with two attached hydrogens (primary N) is 1. The van der Waals surface area contributed by atoms with Crippen LogP contribution in [0.2, 0.25) is 0 Å². The lowest BCUT2D eigenvalue weighted by Crippen LogP contribution is -2.19. The number of benzene rings is 1. The van der Waals surface area contributed by atoms with Gasteiger partial charge < -0.3 is 25.3 Å². The molecule has 8 nitrogen and oxygen atoms in total.